The van der Waals surface area contributed by atoms with E-state index in [4.69, 9.17) is 9.72 Å². The van der Waals surface area contributed by atoms with E-state index in [0.717, 1.165) is 49.2 Å². The number of likely N-dealkylation sites (tertiary alicyclic amines) is 1. The number of methoxy groups -OCH3 is 1. The lowest BCUT2D eigenvalue weighted by atomic mass is 10.3. The molecular formula is C19H26N4O3. The molecule has 1 aliphatic rings. The maximum atomic E-state index is 12.6. The van der Waals surface area contributed by atoms with Gasteiger partial charge in [0.05, 0.1) is 11.0 Å². The highest BCUT2D eigenvalue weighted by Gasteiger charge is 2.20. The SMILES string of the molecule is COCC(=O)NCCCc1nc2ccccc2n1CC(=O)N1CCCC1. The first-order chi connectivity index (χ1) is 12.7. The van der Waals surface area contributed by atoms with E-state index in [1.807, 2.05) is 33.7 Å². The third-order valence-electron chi connectivity index (χ3n) is 4.66. The van der Waals surface area contributed by atoms with Crippen molar-refractivity contribution in [2.24, 2.45) is 0 Å². The number of benzene rings is 1. The first-order valence-electron chi connectivity index (χ1n) is 9.16. The topological polar surface area (TPSA) is 76.5 Å². The molecule has 1 fully saturated rings. The van der Waals surface area contributed by atoms with Crippen LogP contribution in [0.1, 0.15) is 25.1 Å². The van der Waals surface area contributed by atoms with Crippen molar-refractivity contribution in [1.29, 1.82) is 0 Å². The van der Waals surface area contributed by atoms with Crippen LogP contribution in [0.4, 0.5) is 0 Å². The molecule has 0 radical (unpaired) electrons. The summed E-state index contributed by atoms with van der Waals surface area (Å²) in [5, 5.41) is 2.82. The van der Waals surface area contributed by atoms with Crippen LogP contribution < -0.4 is 5.32 Å². The second-order valence-electron chi connectivity index (χ2n) is 6.58. The van der Waals surface area contributed by atoms with E-state index in [9.17, 15) is 9.59 Å². The lowest BCUT2D eigenvalue weighted by molar-refractivity contribution is -0.130. The van der Waals surface area contributed by atoms with Gasteiger partial charge in [0.25, 0.3) is 0 Å². The molecule has 0 atom stereocenters. The standard InChI is InChI=1S/C19H26N4O3/c1-26-14-18(24)20-10-6-9-17-21-15-7-2-3-8-16(15)23(17)13-19(25)22-11-4-5-12-22/h2-3,7-8H,4-6,9-14H2,1H3,(H,20,24). The molecule has 140 valence electrons. The number of hydrogen-bond acceptors (Lipinski definition) is 4. The van der Waals surface area contributed by atoms with Gasteiger partial charge >= 0.3 is 0 Å². The molecule has 0 aliphatic carbocycles. The van der Waals surface area contributed by atoms with Crippen molar-refractivity contribution in [2.45, 2.75) is 32.2 Å². The summed E-state index contributed by atoms with van der Waals surface area (Å²) in [7, 11) is 1.50. The summed E-state index contributed by atoms with van der Waals surface area (Å²) in [5.74, 6) is 0.922. The van der Waals surface area contributed by atoms with Crippen LogP contribution >= 0.6 is 0 Å². The van der Waals surface area contributed by atoms with E-state index in [2.05, 4.69) is 5.32 Å². The monoisotopic (exact) mass is 358 g/mol. The molecule has 26 heavy (non-hydrogen) atoms. The van der Waals surface area contributed by atoms with E-state index in [-0.39, 0.29) is 18.4 Å². The molecule has 1 aliphatic heterocycles. The first-order valence-corrected chi connectivity index (χ1v) is 9.16. The van der Waals surface area contributed by atoms with Crippen molar-refractivity contribution in [2.75, 3.05) is 33.4 Å². The average molecular weight is 358 g/mol. The normalized spacial score (nSPS) is 14.1. The molecule has 2 aromatic rings. The predicted octanol–water partition coefficient (Wildman–Crippen LogP) is 1.35. The number of para-hydroxylation sites is 2. The van der Waals surface area contributed by atoms with E-state index >= 15 is 0 Å². The number of rotatable bonds is 8. The van der Waals surface area contributed by atoms with E-state index in [1.165, 1.54) is 7.11 Å². The second-order valence-corrected chi connectivity index (χ2v) is 6.58. The van der Waals surface area contributed by atoms with Gasteiger partial charge in [0, 0.05) is 33.2 Å². The van der Waals surface area contributed by atoms with Gasteiger partial charge in [-0.1, -0.05) is 12.1 Å². The molecule has 1 N–H and O–H groups in total. The molecule has 0 saturated carbocycles. The van der Waals surface area contributed by atoms with E-state index in [0.29, 0.717) is 19.5 Å². The van der Waals surface area contributed by atoms with Crippen LogP contribution in [0.2, 0.25) is 0 Å². The first kappa shape index (κ1) is 18.4. The Labute approximate surface area is 153 Å². The highest BCUT2D eigenvalue weighted by molar-refractivity contribution is 5.81. The van der Waals surface area contributed by atoms with Crippen molar-refractivity contribution >= 4 is 22.8 Å². The van der Waals surface area contributed by atoms with Crippen LogP contribution in [-0.2, 0) is 27.3 Å². The van der Waals surface area contributed by atoms with Crippen LogP contribution in [0, 0.1) is 0 Å². The molecule has 7 heteroatoms. The lowest BCUT2D eigenvalue weighted by Gasteiger charge is -2.17. The number of nitrogens with zero attached hydrogens (tertiary/aromatic N) is 3. The maximum Gasteiger partial charge on any atom is 0.245 e. The summed E-state index contributed by atoms with van der Waals surface area (Å²) >= 11 is 0. The Hall–Kier alpha value is -2.41. The number of nitrogens with one attached hydrogen (secondary N) is 1. The summed E-state index contributed by atoms with van der Waals surface area (Å²) < 4.78 is 6.82. The third kappa shape index (κ3) is 4.40. The quantitative estimate of drug-likeness (QED) is 0.723. The van der Waals surface area contributed by atoms with Gasteiger partial charge in [-0.3, -0.25) is 9.59 Å². The number of amides is 2. The van der Waals surface area contributed by atoms with Crippen molar-refractivity contribution in [3.05, 3.63) is 30.1 Å². The lowest BCUT2D eigenvalue weighted by Crippen LogP contribution is -2.31. The number of fused-ring (bicyclic) bond motifs is 1. The van der Waals surface area contributed by atoms with Crippen LogP contribution in [0.15, 0.2) is 24.3 Å². The highest BCUT2D eigenvalue weighted by Crippen LogP contribution is 2.18. The van der Waals surface area contributed by atoms with Crippen molar-refractivity contribution in [3.63, 3.8) is 0 Å². The Morgan fingerprint density at radius 1 is 1.23 bits per heavy atom. The van der Waals surface area contributed by atoms with Gasteiger partial charge in [-0.2, -0.15) is 0 Å². The molecule has 2 amide bonds. The van der Waals surface area contributed by atoms with E-state index in [1.54, 1.807) is 0 Å². The van der Waals surface area contributed by atoms with Crippen LogP contribution in [0.5, 0.6) is 0 Å². The zero-order valence-electron chi connectivity index (χ0n) is 15.2. The van der Waals surface area contributed by atoms with Crippen LogP contribution in [0.25, 0.3) is 11.0 Å². The molecule has 3 rings (SSSR count). The molecule has 0 unspecified atom stereocenters. The maximum absolute atomic E-state index is 12.6. The third-order valence-corrected chi connectivity index (χ3v) is 4.66. The minimum Gasteiger partial charge on any atom is -0.375 e. The Kier molecular flexibility index (Phi) is 6.22. The fraction of sp³-hybridized carbons (Fsp3) is 0.526. The van der Waals surface area contributed by atoms with Crippen LogP contribution in [0.3, 0.4) is 0 Å². The van der Waals surface area contributed by atoms with Crippen molar-refractivity contribution in [1.82, 2.24) is 19.8 Å². The van der Waals surface area contributed by atoms with Crippen molar-refractivity contribution < 1.29 is 14.3 Å². The van der Waals surface area contributed by atoms with Crippen molar-refractivity contribution in [3.8, 4) is 0 Å². The van der Waals surface area contributed by atoms with Crippen LogP contribution in [-0.4, -0.2) is 59.6 Å². The number of carbonyl (C=O) groups is 2. The Balaban J connectivity index is 1.68. The summed E-state index contributed by atoms with van der Waals surface area (Å²) in [6, 6.07) is 7.89. The summed E-state index contributed by atoms with van der Waals surface area (Å²) in [4.78, 5) is 30.7. The number of aryl methyl sites for hydroxylation is 1. The van der Waals surface area contributed by atoms with Gasteiger partial charge in [-0.15, -0.1) is 0 Å². The summed E-state index contributed by atoms with van der Waals surface area (Å²) in [6.07, 6.45) is 3.64. The average Bonchev–Trinajstić information content (AvgIpc) is 3.28. The van der Waals surface area contributed by atoms with Gasteiger partial charge < -0.3 is 19.5 Å². The molecule has 7 nitrogen and oxygen atoms in total. The second kappa shape index (κ2) is 8.80. The van der Waals surface area contributed by atoms with Gasteiger partial charge in [-0.25, -0.2) is 4.98 Å². The Morgan fingerprint density at radius 2 is 2.00 bits per heavy atom. The fourth-order valence-corrected chi connectivity index (χ4v) is 3.35. The molecular weight excluding hydrogens is 332 g/mol. The predicted molar refractivity (Wildman–Crippen MR) is 98.8 cm³/mol. The molecule has 0 bridgehead atoms. The van der Waals surface area contributed by atoms with Gasteiger partial charge in [0.2, 0.25) is 11.8 Å². The fourth-order valence-electron chi connectivity index (χ4n) is 3.35. The zero-order valence-corrected chi connectivity index (χ0v) is 15.2. The number of hydrogen-bond donors (Lipinski definition) is 1. The number of imidazole rings is 1. The number of ether oxygens (including phenoxy) is 1. The molecule has 0 spiro atoms. The van der Waals surface area contributed by atoms with Gasteiger partial charge in [0.15, 0.2) is 0 Å². The molecule has 1 saturated heterocycles. The minimum absolute atomic E-state index is 0.0723. The summed E-state index contributed by atoms with van der Waals surface area (Å²) in [5.41, 5.74) is 1.89. The zero-order chi connectivity index (χ0) is 18.4. The highest BCUT2D eigenvalue weighted by atomic mass is 16.5. The minimum atomic E-state index is -0.120. The smallest absolute Gasteiger partial charge is 0.245 e. The number of aromatic nitrogens is 2. The molecule has 2 heterocycles. The molecule has 1 aromatic heterocycles. The van der Waals surface area contributed by atoms with Gasteiger partial charge in [0.1, 0.15) is 19.0 Å². The Bertz CT molecular complexity index is 765. The summed E-state index contributed by atoms with van der Waals surface area (Å²) in [6.45, 7) is 2.67. The molecule has 1 aromatic carbocycles. The van der Waals surface area contributed by atoms with Gasteiger partial charge in [-0.05, 0) is 31.4 Å². The Morgan fingerprint density at radius 3 is 2.77 bits per heavy atom. The largest absolute Gasteiger partial charge is 0.375 e. The number of carbonyl (C=O) groups excluding carboxylic acids is 2. The van der Waals surface area contributed by atoms with E-state index < -0.39 is 0 Å².